The van der Waals surface area contributed by atoms with Crippen LogP contribution in [-0.4, -0.2) is 41.2 Å². The average molecular weight is 382 g/mol. The number of amides is 3. The molecule has 0 aromatic rings. The molecule has 1 aliphatic carbocycles. The van der Waals surface area contributed by atoms with E-state index >= 15 is 0 Å². The van der Waals surface area contributed by atoms with E-state index in [1.54, 1.807) is 5.32 Å². The number of hydrogen-bond acceptors (Lipinski definition) is 8. The van der Waals surface area contributed by atoms with Gasteiger partial charge in [0.05, 0.1) is 0 Å². The van der Waals surface area contributed by atoms with Gasteiger partial charge < -0.3 is 26.7 Å². The Morgan fingerprint density at radius 3 is 1.93 bits per heavy atom. The normalized spacial score (nSPS) is 22.3. The van der Waals surface area contributed by atoms with Crippen molar-refractivity contribution in [2.24, 2.45) is 17.2 Å². The van der Waals surface area contributed by atoms with E-state index < -0.39 is 41.2 Å². The molecular weight excluding hydrogens is 356 g/mol. The van der Waals surface area contributed by atoms with E-state index in [4.69, 9.17) is 26.7 Å². The van der Waals surface area contributed by atoms with Gasteiger partial charge in [0, 0.05) is 17.2 Å². The van der Waals surface area contributed by atoms with Crippen LogP contribution in [0.15, 0.2) is 24.3 Å². The van der Waals surface area contributed by atoms with Gasteiger partial charge in [-0.15, -0.1) is 0 Å². The summed E-state index contributed by atoms with van der Waals surface area (Å²) in [6.07, 6.45) is 1.67. The molecule has 1 rings (SSSR count). The molecule has 1 fully saturated rings. The smallest absolute Gasteiger partial charge is 0.357 e. The molecule has 0 heterocycles. The van der Waals surface area contributed by atoms with Gasteiger partial charge in [0.25, 0.3) is 0 Å². The molecule has 7 N–H and O–H groups in total. The number of urea groups is 1. The zero-order chi connectivity index (χ0) is 21.0. The number of imide groups is 1. The fraction of sp³-hybridized carbons (Fsp3) is 0.529. The van der Waals surface area contributed by atoms with Gasteiger partial charge in [-0.3, -0.25) is 10.1 Å². The monoisotopic (exact) mass is 382 g/mol. The standard InChI is InChI=1S/C17H26N4O6/c1-9(2)12(22)26-17(14(24)21-15(19)25,27-13(23)10(3)4)16(20)8-6-5-7-11(16)18/h11H,1,3,5-8,18,20H2,2,4H3,(H3,19,21,24,25)/t11-,16+/m0/s1. The molecule has 10 heteroatoms. The molecule has 10 nitrogen and oxygen atoms in total. The van der Waals surface area contributed by atoms with Gasteiger partial charge in [0.1, 0.15) is 5.54 Å². The third-order valence-electron chi connectivity index (χ3n) is 4.34. The molecule has 0 bridgehead atoms. The second kappa shape index (κ2) is 8.31. The van der Waals surface area contributed by atoms with Crippen molar-refractivity contribution in [3.8, 4) is 0 Å². The van der Waals surface area contributed by atoms with Gasteiger partial charge in [-0.1, -0.05) is 26.0 Å². The van der Waals surface area contributed by atoms with Gasteiger partial charge in [0.15, 0.2) is 0 Å². The lowest BCUT2D eigenvalue weighted by molar-refractivity contribution is -0.247. The topological polar surface area (TPSA) is 177 Å². The molecule has 27 heavy (non-hydrogen) atoms. The van der Waals surface area contributed by atoms with Crippen LogP contribution in [0.3, 0.4) is 0 Å². The highest BCUT2D eigenvalue weighted by atomic mass is 16.7. The van der Waals surface area contributed by atoms with Crippen LogP contribution >= 0.6 is 0 Å². The Kier molecular flexibility index (Phi) is 6.87. The lowest BCUT2D eigenvalue weighted by Crippen LogP contribution is -2.77. The van der Waals surface area contributed by atoms with Crippen LogP contribution < -0.4 is 22.5 Å². The van der Waals surface area contributed by atoms with Gasteiger partial charge in [-0.05, 0) is 26.7 Å². The number of hydrogen-bond donors (Lipinski definition) is 4. The van der Waals surface area contributed by atoms with Crippen molar-refractivity contribution in [1.29, 1.82) is 0 Å². The molecule has 0 unspecified atom stereocenters. The second-order valence-electron chi connectivity index (χ2n) is 6.67. The Morgan fingerprint density at radius 2 is 1.56 bits per heavy atom. The largest absolute Gasteiger partial charge is 0.408 e. The van der Waals surface area contributed by atoms with Crippen LogP contribution in [0.5, 0.6) is 0 Å². The Hall–Kier alpha value is -2.72. The van der Waals surface area contributed by atoms with E-state index in [-0.39, 0.29) is 17.6 Å². The van der Waals surface area contributed by atoms with Gasteiger partial charge in [-0.25, -0.2) is 14.4 Å². The summed E-state index contributed by atoms with van der Waals surface area (Å²) >= 11 is 0. The third-order valence-corrected chi connectivity index (χ3v) is 4.34. The van der Waals surface area contributed by atoms with Crippen molar-refractivity contribution in [1.82, 2.24) is 5.32 Å². The maximum Gasteiger partial charge on any atom is 0.357 e. The van der Waals surface area contributed by atoms with Crippen LogP contribution in [0.4, 0.5) is 4.79 Å². The molecule has 3 amide bonds. The molecule has 0 radical (unpaired) electrons. The van der Waals surface area contributed by atoms with Crippen LogP contribution in [0, 0.1) is 0 Å². The summed E-state index contributed by atoms with van der Waals surface area (Å²) in [7, 11) is 0. The highest BCUT2D eigenvalue weighted by Gasteiger charge is 2.65. The molecular formula is C17H26N4O6. The van der Waals surface area contributed by atoms with E-state index in [2.05, 4.69) is 13.2 Å². The number of ether oxygens (including phenoxy) is 2. The van der Waals surface area contributed by atoms with Crippen LogP contribution in [0.1, 0.15) is 39.5 Å². The van der Waals surface area contributed by atoms with Crippen molar-refractivity contribution >= 4 is 23.9 Å². The van der Waals surface area contributed by atoms with E-state index in [0.717, 1.165) is 0 Å². The highest BCUT2D eigenvalue weighted by molar-refractivity contribution is 6.02. The summed E-state index contributed by atoms with van der Waals surface area (Å²) in [5.74, 6) is -6.19. The first-order chi connectivity index (χ1) is 12.4. The number of nitrogens with two attached hydrogens (primary N) is 3. The molecule has 150 valence electrons. The maximum atomic E-state index is 12.9. The van der Waals surface area contributed by atoms with Crippen molar-refractivity contribution in [2.75, 3.05) is 0 Å². The average Bonchev–Trinajstić information content (AvgIpc) is 2.55. The number of esters is 2. The lowest BCUT2D eigenvalue weighted by atomic mass is 9.72. The Morgan fingerprint density at radius 1 is 1.07 bits per heavy atom. The number of carbonyl (C=O) groups excluding carboxylic acids is 4. The highest BCUT2D eigenvalue weighted by Crippen LogP contribution is 2.39. The fourth-order valence-corrected chi connectivity index (χ4v) is 2.78. The van der Waals surface area contributed by atoms with Crippen LogP contribution in [0.2, 0.25) is 0 Å². The lowest BCUT2D eigenvalue weighted by Gasteiger charge is -2.49. The zero-order valence-electron chi connectivity index (χ0n) is 15.5. The molecule has 2 atom stereocenters. The summed E-state index contributed by atoms with van der Waals surface area (Å²) in [5.41, 5.74) is 15.5. The maximum absolute atomic E-state index is 12.9. The minimum atomic E-state index is -2.74. The van der Waals surface area contributed by atoms with Gasteiger partial charge >= 0.3 is 29.7 Å². The molecule has 0 aromatic heterocycles. The van der Waals surface area contributed by atoms with Crippen molar-refractivity contribution < 1.29 is 28.7 Å². The molecule has 0 aliphatic heterocycles. The summed E-state index contributed by atoms with van der Waals surface area (Å²) in [6, 6.07) is -2.14. The van der Waals surface area contributed by atoms with E-state index in [1.807, 2.05) is 0 Å². The van der Waals surface area contributed by atoms with Gasteiger partial charge in [0.2, 0.25) is 0 Å². The van der Waals surface area contributed by atoms with Crippen LogP contribution in [-0.2, 0) is 23.9 Å². The Balaban J connectivity index is 3.63. The van der Waals surface area contributed by atoms with Crippen molar-refractivity contribution in [3.05, 3.63) is 24.3 Å². The first kappa shape index (κ1) is 22.3. The molecule has 0 spiro atoms. The quantitative estimate of drug-likeness (QED) is 0.275. The molecule has 0 saturated heterocycles. The number of rotatable bonds is 6. The molecule has 1 aliphatic rings. The number of primary amides is 1. The second-order valence-corrected chi connectivity index (χ2v) is 6.67. The minimum absolute atomic E-state index is 0.0767. The SMILES string of the molecule is C=C(C)C(=O)OC(OC(=O)C(=C)C)(C(=O)NC(N)=O)[C@@]1(N)CCCC[C@@H]1N. The van der Waals surface area contributed by atoms with Gasteiger partial charge in [-0.2, -0.15) is 0 Å². The van der Waals surface area contributed by atoms with Crippen molar-refractivity contribution in [2.45, 2.75) is 56.9 Å². The predicted octanol–water partition coefficient (Wildman–Crippen LogP) is -0.285. The zero-order valence-corrected chi connectivity index (χ0v) is 15.5. The van der Waals surface area contributed by atoms with Crippen LogP contribution in [0.25, 0.3) is 0 Å². The molecule has 0 aromatic carbocycles. The summed E-state index contributed by atoms with van der Waals surface area (Å²) < 4.78 is 10.5. The predicted molar refractivity (Wildman–Crippen MR) is 95.6 cm³/mol. The molecule has 1 saturated carbocycles. The summed E-state index contributed by atoms with van der Waals surface area (Å²) in [5, 5.41) is 1.77. The van der Waals surface area contributed by atoms with Crippen molar-refractivity contribution in [3.63, 3.8) is 0 Å². The third kappa shape index (κ3) is 4.52. The fourth-order valence-electron chi connectivity index (χ4n) is 2.78. The Labute approximate surface area is 157 Å². The van der Waals surface area contributed by atoms with E-state index in [9.17, 15) is 19.2 Å². The first-order valence-electron chi connectivity index (χ1n) is 8.30. The summed E-state index contributed by atoms with van der Waals surface area (Å²) in [4.78, 5) is 48.7. The minimum Gasteiger partial charge on any atom is -0.408 e. The number of carbonyl (C=O) groups is 4. The first-order valence-corrected chi connectivity index (χ1v) is 8.30. The Bertz CT molecular complexity index is 661. The van der Waals surface area contributed by atoms with E-state index in [0.29, 0.717) is 19.3 Å². The summed E-state index contributed by atoms with van der Waals surface area (Å²) in [6.45, 7) is 9.51. The number of nitrogens with one attached hydrogen (secondary N) is 1. The van der Waals surface area contributed by atoms with E-state index in [1.165, 1.54) is 13.8 Å².